The second kappa shape index (κ2) is 2.43. The Morgan fingerprint density at radius 1 is 1.25 bits per heavy atom. The van der Waals surface area contributed by atoms with Gasteiger partial charge in [0.05, 0.1) is 0 Å². The molecule has 3 aliphatic rings. The standard InChI is InChI=1S/C11H18S/c12-7-11-5-1-2-10(11)8-3-4-9(11)6-8/h8-10,12H,1-7H2. The van der Waals surface area contributed by atoms with Crippen LogP contribution in [0.1, 0.15) is 38.5 Å². The molecule has 4 atom stereocenters. The Bertz CT molecular complexity index is 201. The third kappa shape index (κ3) is 0.724. The second-order valence-corrected chi connectivity index (χ2v) is 5.48. The smallest absolute Gasteiger partial charge is 0.00357 e. The minimum Gasteiger partial charge on any atom is -0.179 e. The minimum atomic E-state index is 0.728. The third-order valence-electron chi connectivity index (χ3n) is 5.05. The summed E-state index contributed by atoms with van der Waals surface area (Å²) in [7, 11) is 0. The highest BCUT2D eigenvalue weighted by Crippen LogP contribution is 2.66. The highest BCUT2D eigenvalue weighted by Gasteiger charge is 2.58. The van der Waals surface area contributed by atoms with Gasteiger partial charge in [0, 0.05) is 0 Å². The van der Waals surface area contributed by atoms with Crippen molar-refractivity contribution in [2.24, 2.45) is 23.2 Å². The molecule has 4 unspecified atom stereocenters. The van der Waals surface area contributed by atoms with E-state index in [0.717, 1.165) is 23.2 Å². The molecular formula is C11H18S. The van der Waals surface area contributed by atoms with Crippen LogP contribution in [0.15, 0.2) is 0 Å². The Kier molecular flexibility index (Phi) is 1.57. The normalized spacial score (nSPS) is 56.2. The van der Waals surface area contributed by atoms with Crippen LogP contribution in [0.25, 0.3) is 0 Å². The van der Waals surface area contributed by atoms with E-state index in [1.165, 1.54) is 31.4 Å². The fourth-order valence-corrected chi connectivity index (χ4v) is 5.22. The first kappa shape index (κ1) is 7.73. The predicted molar refractivity (Wildman–Crippen MR) is 54.5 cm³/mol. The van der Waals surface area contributed by atoms with E-state index >= 15 is 0 Å². The molecule has 3 rings (SSSR count). The van der Waals surface area contributed by atoms with Gasteiger partial charge in [-0.1, -0.05) is 6.42 Å². The van der Waals surface area contributed by atoms with Gasteiger partial charge in [0.2, 0.25) is 0 Å². The van der Waals surface area contributed by atoms with Crippen LogP contribution in [-0.2, 0) is 0 Å². The molecule has 0 amide bonds. The van der Waals surface area contributed by atoms with Gasteiger partial charge in [-0.2, -0.15) is 12.6 Å². The van der Waals surface area contributed by atoms with Crippen molar-refractivity contribution in [2.45, 2.75) is 38.5 Å². The monoisotopic (exact) mass is 182 g/mol. The van der Waals surface area contributed by atoms with Gasteiger partial charge in [-0.05, 0) is 61.0 Å². The van der Waals surface area contributed by atoms with Crippen molar-refractivity contribution in [3.05, 3.63) is 0 Å². The lowest BCUT2D eigenvalue weighted by molar-refractivity contribution is 0.142. The summed E-state index contributed by atoms with van der Waals surface area (Å²) in [5.74, 6) is 4.46. The van der Waals surface area contributed by atoms with Crippen LogP contribution >= 0.6 is 12.6 Å². The fourth-order valence-electron chi connectivity index (χ4n) is 4.57. The van der Waals surface area contributed by atoms with Gasteiger partial charge in [0.1, 0.15) is 0 Å². The van der Waals surface area contributed by atoms with Crippen molar-refractivity contribution in [2.75, 3.05) is 5.75 Å². The Morgan fingerprint density at radius 3 is 2.92 bits per heavy atom. The lowest BCUT2D eigenvalue weighted by Crippen LogP contribution is -2.33. The predicted octanol–water partition coefficient (Wildman–Crippen LogP) is 3.13. The molecule has 3 fully saturated rings. The number of rotatable bonds is 1. The first-order valence-electron chi connectivity index (χ1n) is 5.48. The molecule has 0 aromatic rings. The molecule has 0 saturated heterocycles. The second-order valence-electron chi connectivity index (χ2n) is 5.16. The molecule has 1 heteroatoms. The Hall–Kier alpha value is 0.350. The SMILES string of the molecule is SCC12CCCC1C1CCC2C1. The zero-order valence-electron chi connectivity index (χ0n) is 7.63. The summed E-state index contributed by atoms with van der Waals surface area (Å²) in [6.07, 6.45) is 9.17. The van der Waals surface area contributed by atoms with Gasteiger partial charge in [0.25, 0.3) is 0 Å². The van der Waals surface area contributed by atoms with E-state index in [-0.39, 0.29) is 0 Å². The van der Waals surface area contributed by atoms with Gasteiger partial charge in [-0.25, -0.2) is 0 Å². The summed E-state index contributed by atoms with van der Waals surface area (Å²) in [5, 5.41) is 0. The van der Waals surface area contributed by atoms with Crippen LogP contribution in [0.2, 0.25) is 0 Å². The molecule has 0 radical (unpaired) electrons. The average molecular weight is 182 g/mol. The molecule has 0 aliphatic heterocycles. The topological polar surface area (TPSA) is 0 Å². The molecule has 0 N–H and O–H groups in total. The van der Waals surface area contributed by atoms with Crippen molar-refractivity contribution in [1.29, 1.82) is 0 Å². The van der Waals surface area contributed by atoms with Crippen LogP contribution in [0.5, 0.6) is 0 Å². The van der Waals surface area contributed by atoms with Gasteiger partial charge < -0.3 is 0 Å². The average Bonchev–Trinajstić information content (AvgIpc) is 2.76. The maximum absolute atomic E-state index is 4.61. The van der Waals surface area contributed by atoms with E-state index in [1.54, 1.807) is 12.8 Å². The van der Waals surface area contributed by atoms with Crippen LogP contribution in [0, 0.1) is 23.2 Å². The maximum atomic E-state index is 4.61. The number of thiol groups is 1. The lowest BCUT2D eigenvalue weighted by Gasteiger charge is -2.38. The summed E-state index contributed by atoms with van der Waals surface area (Å²) in [6, 6.07) is 0. The molecule has 2 bridgehead atoms. The number of hydrogen-bond acceptors (Lipinski definition) is 1. The Balaban J connectivity index is 1.98. The molecule has 12 heavy (non-hydrogen) atoms. The summed E-state index contributed by atoms with van der Waals surface area (Å²) >= 11 is 4.61. The van der Waals surface area contributed by atoms with E-state index in [1.807, 2.05) is 0 Å². The summed E-state index contributed by atoms with van der Waals surface area (Å²) in [5.41, 5.74) is 0.728. The molecule has 0 heterocycles. The van der Waals surface area contributed by atoms with Gasteiger partial charge in [-0.15, -0.1) is 0 Å². The number of fused-ring (bicyclic) bond motifs is 5. The van der Waals surface area contributed by atoms with Gasteiger partial charge >= 0.3 is 0 Å². The van der Waals surface area contributed by atoms with Gasteiger partial charge in [-0.3, -0.25) is 0 Å². The van der Waals surface area contributed by atoms with E-state index in [9.17, 15) is 0 Å². The fraction of sp³-hybridized carbons (Fsp3) is 1.00. The van der Waals surface area contributed by atoms with Crippen molar-refractivity contribution < 1.29 is 0 Å². The summed E-state index contributed by atoms with van der Waals surface area (Å²) in [6.45, 7) is 0. The van der Waals surface area contributed by atoms with Crippen LogP contribution in [0.3, 0.4) is 0 Å². The molecule has 0 aromatic heterocycles. The summed E-state index contributed by atoms with van der Waals surface area (Å²) in [4.78, 5) is 0. The zero-order chi connectivity index (χ0) is 8.18. The molecule has 0 aromatic carbocycles. The molecule has 3 aliphatic carbocycles. The van der Waals surface area contributed by atoms with Gasteiger partial charge in [0.15, 0.2) is 0 Å². The van der Waals surface area contributed by atoms with Crippen molar-refractivity contribution in [1.82, 2.24) is 0 Å². The van der Waals surface area contributed by atoms with Crippen molar-refractivity contribution in [3.63, 3.8) is 0 Å². The summed E-state index contributed by atoms with van der Waals surface area (Å²) < 4.78 is 0. The quantitative estimate of drug-likeness (QED) is 0.592. The largest absolute Gasteiger partial charge is 0.179 e. The maximum Gasteiger partial charge on any atom is -0.00357 e. The van der Waals surface area contributed by atoms with E-state index in [0.29, 0.717) is 0 Å². The minimum absolute atomic E-state index is 0.728. The first-order chi connectivity index (χ1) is 5.87. The first-order valence-corrected chi connectivity index (χ1v) is 6.11. The number of hydrogen-bond donors (Lipinski definition) is 1. The zero-order valence-corrected chi connectivity index (χ0v) is 8.52. The van der Waals surface area contributed by atoms with E-state index < -0.39 is 0 Å². The van der Waals surface area contributed by atoms with Crippen LogP contribution in [0.4, 0.5) is 0 Å². The molecule has 3 saturated carbocycles. The Labute approximate surface area is 80.5 Å². The third-order valence-corrected chi connectivity index (χ3v) is 5.63. The van der Waals surface area contributed by atoms with E-state index in [4.69, 9.17) is 0 Å². The molecule has 0 nitrogen and oxygen atoms in total. The van der Waals surface area contributed by atoms with E-state index in [2.05, 4.69) is 12.6 Å². The van der Waals surface area contributed by atoms with Crippen molar-refractivity contribution in [3.8, 4) is 0 Å². The van der Waals surface area contributed by atoms with Crippen molar-refractivity contribution >= 4 is 12.6 Å². The van der Waals surface area contributed by atoms with Crippen LogP contribution in [-0.4, -0.2) is 5.75 Å². The van der Waals surface area contributed by atoms with Crippen LogP contribution < -0.4 is 0 Å². The lowest BCUT2D eigenvalue weighted by atomic mass is 9.69. The Morgan fingerprint density at radius 2 is 2.17 bits per heavy atom. The highest BCUT2D eigenvalue weighted by molar-refractivity contribution is 7.80. The highest BCUT2D eigenvalue weighted by atomic mass is 32.1. The molecule has 0 spiro atoms. The molecular weight excluding hydrogens is 164 g/mol. The molecule has 68 valence electrons.